The Hall–Kier alpha value is -2.52. The number of halogens is 3. The number of carbonyl (C=O) groups excluding carboxylic acids is 3. The predicted molar refractivity (Wildman–Crippen MR) is 84.7 cm³/mol. The number of ether oxygens (including phenoxy) is 1. The van der Waals surface area contributed by atoms with Gasteiger partial charge in [0, 0.05) is 12.2 Å². The molecule has 26 heavy (non-hydrogen) atoms. The summed E-state index contributed by atoms with van der Waals surface area (Å²) >= 11 is 0. The maximum absolute atomic E-state index is 12.8. The minimum Gasteiger partial charge on any atom is -0.465 e. The van der Waals surface area contributed by atoms with Crippen LogP contribution >= 0.6 is 0 Å². The number of rotatable bonds is 4. The summed E-state index contributed by atoms with van der Waals surface area (Å²) in [6, 6.07) is -0.977. The zero-order valence-corrected chi connectivity index (χ0v) is 14.6. The zero-order chi connectivity index (χ0) is 19.6. The maximum Gasteiger partial charge on any atom is 0.405 e. The number of nitrogens with one attached hydrogen (secondary N) is 2. The minimum absolute atomic E-state index is 0.124. The van der Waals surface area contributed by atoms with E-state index in [1.165, 1.54) is 12.0 Å². The number of amides is 2. The van der Waals surface area contributed by atoms with Crippen molar-refractivity contribution in [2.75, 3.05) is 20.2 Å². The number of aromatic amines is 1. The molecule has 2 rings (SSSR count). The number of nitrogens with zero attached hydrogens (tertiary/aromatic N) is 1. The van der Waals surface area contributed by atoms with Crippen LogP contribution in [0.15, 0.2) is 0 Å². The highest BCUT2D eigenvalue weighted by Crippen LogP contribution is 2.25. The summed E-state index contributed by atoms with van der Waals surface area (Å²) in [5.74, 6) is -1.98. The summed E-state index contributed by atoms with van der Waals surface area (Å²) in [6.45, 7) is 1.97. The monoisotopic (exact) mass is 375 g/mol. The minimum atomic E-state index is -4.52. The van der Waals surface area contributed by atoms with Gasteiger partial charge >= 0.3 is 12.1 Å². The van der Waals surface area contributed by atoms with E-state index in [2.05, 4.69) is 9.72 Å². The van der Waals surface area contributed by atoms with Gasteiger partial charge in [0.25, 0.3) is 5.91 Å². The molecule has 1 aliphatic heterocycles. The summed E-state index contributed by atoms with van der Waals surface area (Å²) in [5, 5.41) is 1.82. The molecule has 0 spiro atoms. The Morgan fingerprint density at radius 3 is 2.54 bits per heavy atom. The number of methoxy groups -OCH3 is 1. The molecular formula is C16H20F3N3O4. The van der Waals surface area contributed by atoms with Gasteiger partial charge in [0.05, 0.1) is 12.7 Å². The van der Waals surface area contributed by atoms with Gasteiger partial charge in [0.2, 0.25) is 5.91 Å². The number of aromatic nitrogens is 1. The van der Waals surface area contributed by atoms with Crippen LogP contribution < -0.4 is 5.32 Å². The van der Waals surface area contributed by atoms with Crippen LogP contribution in [0.2, 0.25) is 0 Å². The van der Waals surface area contributed by atoms with Crippen LogP contribution in [-0.2, 0) is 9.53 Å². The molecule has 1 saturated heterocycles. The number of carbonyl (C=O) groups is 3. The van der Waals surface area contributed by atoms with Gasteiger partial charge in [-0.05, 0) is 32.3 Å². The smallest absolute Gasteiger partial charge is 0.405 e. The summed E-state index contributed by atoms with van der Waals surface area (Å²) in [6.07, 6.45) is -3.75. The highest BCUT2D eigenvalue weighted by atomic mass is 19.4. The first-order valence-electron chi connectivity index (χ1n) is 7.99. The first-order chi connectivity index (χ1) is 12.1. The van der Waals surface area contributed by atoms with Crippen LogP contribution in [0.5, 0.6) is 0 Å². The number of hydrogen-bond donors (Lipinski definition) is 2. The molecule has 1 atom stereocenters. The molecule has 0 aromatic carbocycles. The SMILES string of the molecule is COC(=O)c1c(C)[nH]c(C(=O)N2CCC[C@H]2C(=O)NCC(F)(F)F)c1C. The van der Waals surface area contributed by atoms with Crippen molar-refractivity contribution in [3.8, 4) is 0 Å². The van der Waals surface area contributed by atoms with E-state index in [4.69, 9.17) is 0 Å². The van der Waals surface area contributed by atoms with Crippen LogP contribution in [0.25, 0.3) is 0 Å². The van der Waals surface area contributed by atoms with Crippen LogP contribution in [0.3, 0.4) is 0 Å². The number of alkyl halides is 3. The van der Waals surface area contributed by atoms with Crippen LogP contribution in [0, 0.1) is 13.8 Å². The summed E-state index contributed by atoms with van der Waals surface area (Å²) in [5.41, 5.74) is 1.17. The number of H-pyrrole nitrogens is 1. The first kappa shape index (κ1) is 19.8. The van der Waals surface area contributed by atoms with Crippen molar-refractivity contribution in [3.63, 3.8) is 0 Å². The summed E-state index contributed by atoms with van der Waals surface area (Å²) in [7, 11) is 1.22. The van der Waals surface area contributed by atoms with E-state index in [1.54, 1.807) is 13.8 Å². The van der Waals surface area contributed by atoms with Crippen molar-refractivity contribution in [2.24, 2.45) is 0 Å². The highest BCUT2D eigenvalue weighted by Gasteiger charge is 2.38. The van der Waals surface area contributed by atoms with Crippen molar-refractivity contribution in [3.05, 3.63) is 22.5 Å². The zero-order valence-electron chi connectivity index (χ0n) is 14.6. The van der Waals surface area contributed by atoms with Gasteiger partial charge < -0.3 is 19.9 Å². The third-order valence-corrected chi connectivity index (χ3v) is 4.32. The second-order valence-electron chi connectivity index (χ2n) is 6.11. The molecule has 0 radical (unpaired) electrons. The average Bonchev–Trinajstić information content (AvgIpc) is 3.15. The molecule has 2 amide bonds. The number of aryl methyl sites for hydroxylation is 1. The normalized spacial score (nSPS) is 17.3. The van der Waals surface area contributed by atoms with E-state index in [0.29, 0.717) is 17.7 Å². The Bertz CT molecular complexity index is 727. The largest absolute Gasteiger partial charge is 0.465 e. The molecule has 0 aliphatic carbocycles. The summed E-state index contributed by atoms with van der Waals surface area (Å²) in [4.78, 5) is 40.7. The molecule has 2 heterocycles. The van der Waals surface area contributed by atoms with Gasteiger partial charge in [0.1, 0.15) is 18.3 Å². The molecular weight excluding hydrogens is 355 g/mol. The molecule has 144 valence electrons. The van der Waals surface area contributed by atoms with E-state index < -0.39 is 36.5 Å². The van der Waals surface area contributed by atoms with Crippen molar-refractivity contribution < 1.29 is 32.3 Å². The fourth-order valence-electron chi connectivity index (χ4n) is 3.10. The molecule has 7 nitrogen and oxygen atoms in total. The van der Waals surface area contributed by atoms with Crippen molar-refractivity contribution in [1.82, 2.24) is 15.2 Å². The summed E-state index contributed by atoms with van der Waals surface area (Å²) < 4.78 is 41.6. The van der Waals surface area contributed by atoms with Gasteiger partial charge in [-0.1, -0.05) is 0 Å². The van der Waals surface area contributed by atoms with Crippen molar-refractivity contribution in [2.45, 2.75) is 38.9 Å². The van der Waals surface area contributed by atoms with Gasteiger partial charge in [-0.25, -0.2) is 4.79 Å². The Balaban J connectivity index is 2.21. The Morgan fingerprint density at radius 1 is 1.31 bits per heavy atom. The Labute approximate surface area is 147 Å². The first-order valence-corrected chi connectivity index (χ1v) is 7.99. The van der Waals surface area contributed by atoms with E-state index in [0.717, 1.165) is 0 Å². The molecule has 1 fully saturated rings. The van der Waals surface area contributed by atoms with E-state index in [-0.39, 0.29) is 24.2 Å². The third kappa shape index (κ3) is 4.00. The lowest BCUT2D eigenvalue weighted by atomic mass is 10.1. The molecule has 1 aliphatic rings. The third-order valence-electron chi connectivity index (χ3n) is 4.32. The van der Waals surface area contributed by atoms with Crippen LogP contribution in [-0.4, -0.2) is 60.1 Å². The van der Waals surface area contributed by atoms with E-state index in [1.807, 2.05) is 5.32 Å². The maximum atomic E-state index is 12.8. The quantitative estimate of drug-likeness (QED) is 0.784. The standard InChI is InChI=1S/C16H20F3N3O4/c1-8-11(15(25)26-3)9(2)21-12(8)14(24)22-6-4-5-10(22)13(23)20-7-16(17,18)19/h10,21H,4-7H2,1-3H3,(H,20,23)/t10-/m0/s1. The van der Waals surface area contributed by atoms with Crippen molar-refractivity contribution in [1.29, 1.82) is 0 Å². The second kappa shape index (κ2) is 7.38. The lowest BCUT2D eigenvalue weighted by molar-refractivity contribution is -0.140. The number of esters is 1. The highest BCUT2D eigenvalue weighted by molar-refractivity contribution is 6.02. The number of hydrogen-bond acceptors (Lipinski definition) is 4. The fraction of sp³-hybridized carbons (Fsp3) is 0.562. The molecule has 1 aromatic rings. The Kier molecular flexibility index (Phi) is 5.62. The average molecular weight is 375 g/mol. The van der Waals surface area contributed by atoms with Gasteiger partial charge in [0.15, 0.2) is 0 Å². The van der Waals surface area contributed by atoms with Crippen LogP contribution in [0.4, 0.5) is 13.2 Å². The van der Waals surface area contributed by atoms with E-state index in [9.17, 15) is 27.6 Å². The predicted octanol–water partition coefficient (Wildman–Crippen LogP) is 1.70. The molecule has 10 heteroatoms. The van der Waals surface area contributed by atoms with Crippen LogP contribution in [0.1, 0.15) is 44.9 Å². The molecule has 0 unspecified atom stereocenters. The molecule has 2 N–H and O–H groups in total. The van der Waals surface area contributed by atoms with Gasteiger partial charge in [-0.15, -0.1) is 0 Å². The lowest BCUT2D eigenvalue weighted by Gasteiger charge is -2.24. The number of likely N-dealkylation sites (tertiary alicyclic amines) is 1. The van der Waals surface area contributed by atoms with Gasteiger partial charge in [-0.2, -0.15) is 13.2 Å². The van der Waals surface area contributed by atoms with E-state index >= 15 is 0 Å². The second-order valence-corrected chi connectivity index (χ2v) is 6.11. The van der Waals surface area contributed by atoms with Crippen molar-refractivity contribution >= 4 is 17.8 Å². The fourth-order valence-corrected chi connectivity index (χ4v) is 3.10. The topological polar surface area (TPSA) is 91.5 Å². The Morgan fingerprint density at radius 2 is 1.96 bits per heavy atom. The molecule has 0 bridgehead atoms. The molecule has 1 aromatic heterocycles. The molecule has 0 saturated carbocycles. The van der Waals surface area contributed by atoms with Gasteiger partial charge in [-0.3, -0.25) is 9.59 Å². The lowest BCUT2D eigenvalue weighted by Crippen LogP contribution is -2.48.